The molecule has 4 heterocycles. The van der Waals surface area contributed by atoms with Gasteiger partial charge in [0.15, 0.2) is 11.5 Å². The number of carbonyl (C=O) groups is 1. The van der Waals surface area contributed by atoms with E-state index in [-0.39, 0.29) is 5.82 Å². The van der Waals surface area contributed by atoms with Crippen molar-refractivity contribution in [1.82, 2.24) is 24.6 Å². The molecule has 0 saturated carbocycles. The lowest BCUT2D eigenvalue weighted by atomic mass is 9.97. The van der Waals surface area contributed by atoms with Crippen LogP contribution >= 0.6 is 0 Å². The number of nitrogens with zero attached hydrogens (tertiary/aromatic N) is 5. The molecule has 1 N–H and O–H groups in total. The molecule has 0 aliphatic carbocycles. The van der Waals surface area contributed by atoms with Gasteiger partial charge in [-0.2, -0.15) is 18.3 Å². The highest BCUT2D eigenvalue weighted by molar-refractivity contribution is 5.89. The van der Waals surface area contributed by atoms with Crippen molar-refractivity contribution < 1.29 is 27.8 Å². The Morgan fingerprint density at radius 3 is 2.66 bits per heavy atom. The number of rotatable bonds is 8. The summed E-state index contributed by atoms with van der Waals surface area (Å²) in [6.07, 6.45) is -1.55. The second-order valence-corrected chi connectivity index (χ2v) is 10.7. The molecule has 224 valence electrons. The quantitative estimate of drug-likeness (QED) is 0.218. The van der Waals surface area contributed by atoms with E-state index in [0.717, 1.165) is 42.9 Å². The first-order chi connectivity index (χ1) is 21.2. The fourth-order valence-corrected chi connectivity index (χ4v) is 5.38. The third kappa shape index (κ3) is 6.18. The molecule has 1 aliphatic rings. The zero-order valence-corrected chi connectivity index (χ0v) is 23.8. The van der Waals surface area contributed by atoms with Crippen LogP contribution in [0.3, 0.4) is 0 Å². The van der Waals surface area contributed by atoms with Crippen LogP contribution in [0.5, 0.6) is 5.75 Å². The zero-order chi connectivity index (χ0) is 30.8. The molecule has 0 atom stereocenters. The SMILES string of the molecule is Cc1ccc(OCc2ccc3c(c2)CCN(Cc2ccccn2)C3)c(-c2cccc(-n3ncc(C(=O)O)c3C(F)(F)F)n2)c1. The topological polar surface area (TPSA) is 93.4 Å². The Balaban J connectivity index is 1.22. The van der Waals surface area contributed by atoms with Crippen molar-refractivity contribution in [1.29, 1.82) is 0 Å². The molecule has 5 aromatic rings. The van der Waals surface area contributed by atoms with Gasteiger partial charge in [0.1, 0.15) is 17.9 Å². The molecule has 0 radical (unpaired) electrons. The molecule has 44 heavy (non-hydrogen) atoms. The molecule has 8 nitrogen and oxygen atoms in total. The average Bonchev–Trinajstić information content (AvgIpc) is 3.48. The van der Waals surface area contributed by atoms with Gasteiger partial charge in [-0.1, -0.05) is 42.0 Å². The summed E-state index contributed by atoms with van der Waals surface area (Å²) in [6.45, 7) is 4.76. The van der Waals surface area contributed by atoms with Gasteiger partial charge in [-0.3, -0.25) is 9.88 Å². The number of hydrogen-bond acceptors (Lipinski definition) is 6. The molecular weight excluding hydrogens is 571 g/mol. The monoisotopic (exact) mass is 599 g/mol. The number of alkyl halides is 3. The summed E-state index contributed by atoms with van der Waals surface area (Å²) >= 11 is 0. The van der Waals surface area contributed by atoms with E-state index in [1.165, 1.54) is 17.2 Å². The van der Waals surface area contributed by atoms with E-state index in [1.807, 2.05) is 55.6 Å². The second-order valence-electron chi connectivity index (χ2n) is 10.7. The Morgan fingerprint density at radius 2 is 1.89 bits per heavy atom. The summed E-state index contributed by atoms with van der Waals surface area (Å²) in [5.41, 5.74) is 4.12. The van der Waals surface area contributed by atoms with E-state index in [9.17, 15) is 23.1 Å². The maximum absolute atomic E-state index is 13.8. The number of carboxylic acids is 1. The Bertz CT molecular complexity index is 1820. The van der Waals surface area contributed by atoms with Crippen LogP contribution in [-0.4, -0.2) is 42.3 Å². The van der Waals surface area contributed by atoms with Gasteiger partial charge in [-0.05, 0) is 66.4 Å². The molecule has 0 fully saturated rings. The number of aromatic nitrogens is 4. The number of carboxylic acid groups (broad SMARTS) is 1. The smallest absolute Gasteiger partial charge is 0.434 e. The van der Waals surface area contributed by atoms with Crippen molar-refractivity contribution >= 4 is 5.97 Å². The maximum atomic E-state index is 13.8. The van der Waals surface area contributed by atoms with Gasteiger partial charge in [-0.15, -0.1) is 0 Å². The molecule has 3 aromatic heterocycles. The second kappa shape index (κ2) is 11.9. The van der Waals surface area contributed by atoms with Gasteiger partial charge < -0.3 is 9.84 Å². The van der Waals surface area contributed by atoms with Crippen molar-refractivity contribution in [3.8, 4) is 22.8 Å². The first-order valence-corrected chi connectivity index (χ1v) is 14.0. The zero-order valence-electron chi connectivity index (χ0n) is 23.8. The van der Waals surface area contributed by atoms with Crippen molar-refractivity contribution in [3.63, 3.8) is 0 Å². The van der Waals surface area contributed by atoms with E-state index < -0.39 is 23.4 Å². The van der Waals surface area contributed by atoms with Gasteiger partial charge in [-0.25, -0.2) is 14.5 Å². The van der Waals surface area contributed by atoms with Crippen LogP contribution in [0.4, 0.5) is 13.2 Å². The van der Waals surface area contributed by atoms with Crippen LogP contribution in [0.15, 0.2) is 85.2 Å². The van der Waals surface area contributed by atoms with E-state index in [0.29, 0.717) is 34.5 Å². The van der Waals surface area contributed by atoms with E-state index >= 15 is 0 Å². The van der Waals surface area contributed by atoms with Crippen LogP contribution in [0.25, 0.3) is 17.1 Å². The summed E-state index contributed by atoms with van der Waals surface area (Å²) in [5.74, 6) is -1.37. The van der Waals surface area contributed by atoms with E-state index in [4.69, 9.17) is 4.74 Å². The number of hydrogen-bond donors (Lipinski definition) is 1. The Kier molecular flexibility index (Phi) is 7.88. The number of fused-ring (bicyclic) bond motifs is 1. The summed E-state index contributed by atoms with van der Waals surface area (Å²) in [5, 5.41) is 13.0. The standard InChI is InChI=1S/C33H28F3N5O3/c1-21-8-11-29(44-20-22-9-10-24-18-40(14-12-23(24)16-22)19-25-5-2-3-13-37-25)26(15-21)28-6-4-7-30(39-28)41-31(33(34,35)36)27(17-38-41)32(42)43/h2-11,13,15-17H,12,14,18-20H2,1H3,(H,42,43). The lowest BCUT2D eigenvalue weighted by Crippen LogP contribution is -2.30. The van der Waals surface area contributed by atoms with Gasteiger partial charge in [0.25, 0.3) is 0 Å². The van der Waals surface area contributed by atoms with Crippen LogP contribution in [0.2, 0.25) is 0 Å². The molecule has 6 rings (SSSR count). The first kappa shape index (κ1) is 29.1. The number of halogens is 3. The highest BCUT2D eigenvalue weighted by Gasteiger charge is 2.41. The predicted molar refractivity (Wildman–Crippen MR) is 156 cm³/mol. The summed E-state index contributed by atoms with van der Waals surface area (Å²) < 4.78 is 48.2. The summed E-state index contributed by atoms with van der Waals surface area (Å²) in [6, 6.07) is 22.4. The minimum Gasteiger partial charge on any atom is -0.488 e. The number of benzene rings is 2. The fraction of sp³-hybridized carbons (Fsp3) is 0.212. The van der Waals surface area contributed by atoms with Crippen LogP contribution in [-0.2, 0) is 32.3 Å². The molecule has 2 aromatic carbocycles. The third-order valence-electron chi connectivity index (χ3n) is 7.50. The summed E-state index contributed by atoms with van der Waals surface area (Å²) in [4.78, 5) is 22.7. The van der Waals surface area contributed by atoms with Gasteiger partial charge >= 0.3 is 12.1 Å². The lowest BCUT2D eigenvalue weighted by Gasteiger charge is -2.28. The molecular formula is C33H28F3N5O3. The highest BCUT2D eigenvalue weighted by Crippen LogP contribution is 2.35. The fourth-order valence-electron chi connectivity index (χ4n) is 5.38. The normalized spacial score (nSPS) is 13.5. The van der Waals surface area contributed by atoms with Gasteiger partial charge in [0.05, 0.1) is 17.6 Å². The number of pyridine rings is 2. The van der Waals surface area contributed by atoms with Crippen LogP contribution < -0.4 is 4.74 Å². The maximum Gasteiger partial charge on any atom is 0.434 e. The average molecular weight is 600 g/mol. The third-order valence-corrected chi connectivity index (χ3v) is 7.50. The van der Waals surface area contributed by atoms with E-state index in [1.54, 1.807) is 12.1 Å². The molecule has 11 heteroatoms. The molecule has 0 amide bonds. The molecule has 0 spiro atoms. The van der Waals surface area contributed by atoms with Crippen molar-refractivity contribution in [2.45, 2.75) is 39.2 Å². The predicted octanol–water partition coefficient (Wildman–Crippen LogP) is 6.49. The largest absolute Gasteiger partial charge is 0.488 e. The molecule has 0 unspecified atom stereocenters. The Labute approximate surface area is 251 Å². The van der Waals surface area contributed by atoms with Crippen molar-refractivity contribution in [2.75, 3.05) is 6.54 Å². The summed E-state index contributed by atoms with van der Waals surface area (Å²) in [7, 11) is 0. The van der Waals surface area contributed by atoms with Crippen LogP contribution in [0.1, 0.15) is 44.0 Å². The Morgan fingerprint density at radius 1 is 1.02 bits per heavy atom. The number of aromatic carboxylic acids is 1. The minimum absolute atomic E-state index is 0.165. The minimum atomic E-state index is -4.95. The van der Waals surface area contributed by atoms with Crippen molar-refractivity contribution in [3.05, 3.63) is 124 Å². The first-order valence-electron chi connectivity index (χ1n) is 14.0. The van der Waals surface area contributed by atoms with Gasteiger partial charge in [0, 0.05) is 31.4 Å². The highest BCUT2D eigenvalue weighted by atomic mass is 19.4. The number of aryl methyl sites for hydroxylation is 1. The Hall–Kier alpha value is -5.03. The molecule has 1 aliphatic heterocycles. The molecule has 0 bridgehead atoms. The lowest BCUT2D eigenvalue weighted by molar-refractivity contribution is -0.143. The number of ether oxygens (including phenoxy) is 1. The van der Waals surface area contributed by atoms with E-state index in [2.05, 4.69) is 32.1 Å². The van der Waals surface area contributed by atoms with Crippen LogP contribution in [0, 0.1) is 6.92 Å². The van der Waals surface area contributed by atoms with Gasteiger partial charge in [0.2, 0.25) is 0 Å². The molecule has 0 saturated heterocycles. The van der Waals surface area contributed by atoms with Crippen molar-refractivity contribution in [2.24, 2.45) is 0 Å².